The number of halogens is 1. The third-order valence-corrected chi connectivity index (χ3v) is 4.74. The highest BCUT2D eigenvalue weighted by Gasteiger charge is 2.14. The summed E-state index contributed by atoms with van der Waals surface area (Å²) < 4.78 is 20.0. The lowest BCUT2D eigenvalue weighted by Crippen LogP contribution is -2.16. The van der Waals surface area contributed by atoms with Crippen LogP contribution in [-0.4, -0.2) is 33.6 Å². The average molecular weight is 387 g/mol. The zero-order valence-corrected chi connectivity index (χ0v) is 15.6. The van der Waals surface area contributed by atoms with Crippen LogP contribution in [0.15, 0.2) is 47.6 Å². The first-order valence-corrected chi connectivity index (χ1v) is 9.00. The zero-order chi connectivity index (χ0) is 19.4. The van der Waals surface area contributed by atoms with Crippen LogP contribution in [0.2, 0.25) is 0 Å². The molecule has 0 radical (unpaired) electrons. The van der Waals surface area contributed by atoms with Gasteiger partial charge in [0.15, 0.2) is 5.82 Å². The number of methoxy groups -OCH3 is 1. The molecule has 1 heterocycles. The molecule has 0 spiro atoms. The number of hydrogen-bond acceptors (Lipinski definition) is 6. The van der Waals surface area contributed by atoms with Crippen LogP contribution in [0.5, 0.6) is 5.75 Å². The first kappa shape index (κ1) is 18.7. The number of thioether (sulfide) groups is 1. The molecule has 3 rings (SSSR count). The number of hydrogen-bond donors (Lipinski definition) is 2. The maximum atomic E-state index is 13.5. The fraction of sp³-hybridized carbons (Fsp3) is 0.167. The largest absolute Gasteiger partial charge is 0.497 e. The molecule has 0 aliphatic rings. The summed E-state index contributed by atoms with van der Waals surface area (Å²) in [6.45, 7) is 1.66. The predicted molar refractivity (Wildman–Crippen MR) is 103 cm³/mol. The normalized spacial score (nSPS) is 10.6. The average Bonchev–Trinajstić information content (AvgIpc) is 3.03. The fourth-order valence-corrected chi connectivity index (χ4v) is 2.97. The summed E-state index contributed by atoms with van der Waals surface area (Å²) in [5.41, 5.74) is 1.69. The van der Waals surface area contributed by atoms with Crippen LogP contribution in [-0.2, 0) is 4.79 Å². The minimum absolute atomic E-state index is 0.0629. The van der Waals surface area contributed by atoms with Crippen LogP contribution >= 0.6 is 11.8 Å². The van der Waals surface area contributed by atoms with Crippen molar-refractivity contribution in [1.29, 1.82) is 0 Å². The number of nitrogen functional groups attached to an aromatic ring is 1. The van der Waals surface area contributed by atoms with Crippen molar-refractivity contribution in [2.24, 2.45) is 0 Å². The Morgan fingerprint density at radius 2 is 2.00 bits per heavy atom. The van der Waals surface area contributed by atoms with Crippen molar-refractivity contribution >= 4 is 23.4 Å². The summed E-state index contributed by atoms with van der Waals surface area (Å²) >= 11 is 1.14. The zero-order valence-electron chi connectivity index (χ0n) is 14.8. The van der Waals surface area contributed by atoms with Gasteiger partial charge in [0.2, 0.25) is 11.1 Å². The maximum absolute atomic E-state index is 13.5. The van der Waals surface area contributed by atoms with Crippen LogP contribution in [0, 0.1) is 12.7 Å². The highest BCUT2D eigenvalue weighted by molar-refractivity contribution is 7.99. The Kier molecular flexibility index (Phi) is 5.60. The number of nitrogens with one attached hydrogen (secondary N) is 1. The number of rotatable bonds is 6. The molecule has 0 aliphatic heterocycles. The van der Waals surface area contributed by atoms with Gasteiger partial charge in [0.1, 0.15) is 11.6 Å². The number of aromatic nitrogens is 3. The monoisotopic (exact) mass is 387 g/mol. The van der Waals surface area contributed by atoms with Gasteiger partial charge in [0.05, 0.1) is 12.9 Å². The van der Waals surface area contributed by atoms with Crippen molar-refractivity contribution in [1.82, 2.24) is 14.9 Å². The lowest BCUT2D eigenvalue weighted by molar-refractivity contribution is -0.113. The van der Waals surface area contributed by atoms with Gasteiger partial charge < -0.3 is 15.9 Å². The molecular formula is C18H18FN5O2S. The number of carbonyl (C=O) groups is 1. The van der Waals surface area contributed by atoms with E-state index < -0.39 is 0 Å². The van der Waals surface area contributed by atoms with Gasteiger partial charge >= 0.3 is 0 Å². The van der Waals surface area contributed by atoms with Gasteiger partial charge in [-0.2, -0.15) is 0 Å². The summed E-state index contributed by atoms with van der Waals surface area (Å²) in [6.07, 6.45) is 0. The number of carbonyl (C=O) groups excluding carboxylic acids is 1. The lowest BCUT2D eigenvalue weighted by Gasteiger charge is -2.07. The molecule has 0 bridgehead atoms. The number of anilines is 1. The summed E-state index contributed by atoms with van der Waals surface area (Å²) in [5.74, 6) is 6.64. The van der Waals surface area contributed by atoms with Gasteiger partial charge in [-0.25, -0.2) is 9.07 Å². The SMILES string of the molecule is COc1ccc(-c2nnc(SCC(=O)Nc3ccc(C)c(F)c3)n2N)cc1. The van der Waals surface area contributed by atoms with E-state index >= 15 is 0 Å². The molecule has 3 aromatic rings. The lowest BCUT2D eigenvalue weighted by atomic mass is 10.2. The van der Waals surface area contributed by atoms with Crippen LogP contribution in [0.1, 0.15) is 5.56 Å². The van der Waals surface area contributed by atoms with Crippen molar-refractivity contribution in [2.75, 3.05) is 24.0 Å². The number of ether oxygens (including phenoxy) is 1. The molecule has 3 N–H and O–H groups in total. The number of aryl methyl sites for hydroxylation is 1. The van der Waals surface area contributed by atoms with Crippen molar-refractivity contribution in [3.05, 3.63) is 53.8 Å². The van der Waals surface area contributed by atoms with E-state index in [9.17, 15) is 9.18 Å². The predicted octanol–water partition coefficient (Wildman–Crippen LogP) is 2.85. The van der Waals surface area contributed by atoms with Crippen molar-refractivity contribution in [3.8, 4) is 17.1 Å². The van der Waals surface area contributed by atoms with Gasteiger partial charge in [0, 0.05) is 11.3 Å². The highest BCUT2D eigenvalue weighted by atomic mass is 32.2. The Morgan fingerprint density at radius 1 is 1.26 bits per heavy atom. The molecule has 0 saturated heterocycles. The summed E-state index contributed by atoms with van der Waals surface area (Å²) in [6, 6.07) is 11.8. The second-order valence-electron chi connectivity index (χ2n) is 5.71. The molecule has 2 aromatic carbocycles. The molecule has 0 saturated carbocycles. The molecule has 140 valence electrons. The Morgan fingerprint density at radius 3 is 2.67 bits per heavy atom. The van der Waals surface area contributed by atoms with Crippen molar-refractivity contribution in [2.45, 2.75) is 12.1 Å². The standard InChI is InChI=1S/C18H18FN5O2S/c1-11-3-6-13(9-15(11)19)21-16(25)10-27-18-23-22-17(24(18)20)12-4-7-14(26-2)8-5-12/h3-9H,10,20H2,1-2H3,(H,21,25). The second-order valence-corrected chi connectivity index (χ2v) is 6.65. The van der Waals surface area contributed by atoms with Gasteiger partial charge in [-0.15, -0.1) is 10.2 Å². The van der Waals surface area contributed by atoms with E-state index in [1.54, 1.807) is 38.3 Å². The first-order valence-electron chi connectivity index (χ1n) is 8.01. The molecule has 1 aromatic heterocycles. The fourth-order valence-electron chi connectivity index (χ4n) is 2.31. The summed E-state index contributed by atoms with van der Waals surface area (Å²) in [5, 5.41) is 11.1. The highest BCUT2D eigenvalue weighted by Crippen LogP contribution is 2.23. The third-order valence-electron chi connectivity index (χ3n) is 3.80. The second kappa shape index (κ2) is 8.09. The molecular weight excluding hydrogens is 369 g/mol. The first-order chi connectivity index (χ1) is 13.0. The van der Waals surface area contributed by atoms with Crippen molar-refractivity contribution in [3.63, 3.8) is 0 Å². The number of benzene rings is 2. The van der Waals surface area contributed by atoms with E-state index in [-0.39, 0.29) is 17.5 Å². The Labute approximate surface area is 159 Å². The van der Waals surface area contributed by atoms with E-state index in [0.717, 1.165) is 23.1 Å². The maximum Gasteiger partial charge on any atom is 0.234 e. The molecule has 27 heavy (non-hydrogen) atoms. The smallest absolute Gasteiger partial charge is 0.234 e. The molecule has 0 aliphatic carbocycles. The Hall–Kier alpha value is -3.07. The molecule has 0 atom stereocenters. The van der Waals surface area contributed by atoms with Crippen LogP contribution in [0.4, 0.5) is 10.1 Å². The van der Waals surface area contributed by atoms with Crippen LogP contribution < -0.4 is 15.9 Å². The van der Waals surface area contributed by atoms with E-state index in [0.29, 0.717) is 22.2 Å². The van der Waals surface area contributed by atoms with Gasteiger partial charge in [-0.3, -0.25) is 4.79 Å². The molecule has 1 amide bonds. The molecule has 0 fully saturated rings. The van der Waals surface area contributed by atoms with E-state index in [4.69, 9.17) is 10.6 Å². The minimum atomic E-state index is -0.369. The number of nitrogens with zero attached hydrogens (tertiary/aromatic N) is 3. The molecule has 0 unspecified atom stereocenters. The van der Waals surface area contributed by atoms with E-state index in [2.05, 4.69) is 15.5 Å². The number of amides is 1. The summed E-state index contributed by atoms with van der Waals surface area (Å²) in [4.78, 5) is 12.1. The van der Waals surface area contributed by atoms with Gasteiger partial charge in [-0.1, -0.05) is 17.8 Å². The van der Waals surface area contributed by atoms with Gasteiger partial charge in [-0.05, 0) is 48.9 Å². The molecule has 9 heteroatoms. The quantitative estimate of drug-likeness (QED) is 0.499. The van der Waals surface area contributed by atoms with Crippen molar-refractivity contribution < 1.29 is 13.9 Å². The van der Waals surface area contributed by atoms with Crippen LogP contribution in [0.3, 0.4) is 0 Å². The van der Waals surface area contributed by atoms with E-state index in [1.807, 2.05) is 12.1 Å². The number of nitrogens with two attached hydrogens (primary N) is 1. The van der Waals surface area contributed by atoms with E-state index in [1.165, 1.54) is 10.7 Å². The summed E-state index contributed by atoms with van der Waals surface area (Å²) in [7, 11) is 1.59. The minimum Gasteiger partial charge on any atom is -0.497 e. The third kappa shape index (κ3) is 4.37. The Bertz CT molecular complexity index is 959. The Balaban J connectivity index is 1.63. The molecule has 7 nitrogen and oxygen atoms in total. The topological polar surface area (TPSA) is 95.1 Å². The van der Waals surface area contributed by atoms with Crippen LogP contribution in [0.25, 0.3) is 11.4 Å². The van der Waals surface area contributed by atoms with Gasteiger partial charge in [0.25, 0.3) is 0 Å².